The summed E-state index contributed by atoms with van der Waals surface area (Å²) in [6.45, 7) is 6.31. The molecule has 0 radical (unpaired) electrons. The van der Waals surface area contributed by atoms with Crippen molar-refractivity contribution in [3.05, 3.63) is 52.6 Å². The molecule has 7 nitrogen and oxygen atoms in total. The number of ketones is 1. The second-order valence-electron chi connectivity index (χ2n) is 7.31. The summed E-state index contributed by atoms with van der Waals surface area (Å²) in [7, 11) is 0. The van der Waals surface area contributed by atoms with E-state index in [-0.39, 0.29) is 28.2 Å². The van der Waals surface area contributed by atoms with Crippen LogP contribution in [0.4, 0.5) is 0 Å². The zero-order valence-electron chi connectivity index (χ0n) is 17.0. The van der Waals surface area contributed by atoms with Gasteiger partial charge < -0.3 is 24.8 Å². The third-order valence-corrected chi connectivity index (χ3v) is 4.16. The lowest BCUT2D eigenvalue weighted by Gasteiger charge is -2.26. The van der Waals surface area contributed by atoms with Crippen LogP contribution in [0.15, 0.2) is 36.4 Å². The number of phenolic OH excluding ortho intramolecular Hbond substituents is 3. The average Bonchev–Trinajstić information content (AvgIpc) is 2.62. The minimum Gasteiger partial charge on any atom is -0.507 e. The van der Waals surface area contributed by atoms with E-state index in [1.165, 1.54) is 56.3 Å². The number of aromatic hydroxyl groups is 3. The van der Waals surface area contributed by atoms with Crippen LogP contribution in [0.2, 0.25) is 5.02 Å². The second-order valence-corrected chi connectivity index (χ2v) is 7.75. The monoisotopic (exact) mass is 434 g/mol. The molecule has 0 amide bonds. The van der Waals surface area contributed by atoms with Crippen LogP contribution < -0.4 is 4.74 Å². The molecule has 0 saturated heterocycles. The Morgan fingerprint density at radius 2 is 1.73 bits per heavy atom. The minimum absolute atomic E-state index is 0.0488. The molecule has 0 unspecified atom stereocenters. The van der Waals surface area contributed by atoms with E-state index in [0.29, 0.717) is 5.56 Å². The molecule has 0 aliphatic heterocycles. The van der Waals surface area contributed by atoms with Gasteiger partial charge in [0.15, 0.2) is 22.9 Å². The molecule has 0 bridgehead atoms. The number of carbonyl (C=O) groups is 2. The number of benzene rings is 2. The molecule has 2 aromatic carbocycles. The Hall–Kier alpha value is -3.19. The molecular weight excluding hydrogens is 412 g/mol. The maximum Gasteiger partial charge on any atom is 0.350 e. The van der Waals surface area contributed by atoms with Crippen LogP contribution in [-0.4, -0.2) is 38.8 Å². The zero-order chi connectivity index (χ0) is 22.6. The topological polar surface area (TPSA) is 113 Å². The Morgan fingerprint density at radius 3 is 2.33 bits per heavy atom. The SMILES string of the molecule is CC(C)OC(=O)C(C)(C)Oc1cc(/C=C/C(=O)c2ccc(Cl)cc2O)cc(O)c1O. The highest BCUT2D eigenvalue weighted by Crippen LogP contribution is 2.39. The van der Waals surface area contributed by atoms with Gasteiger partial charge in [0.25, 0.3) is 0 Å². The van der Waals surface area contributed by atoms with E-state index in [1.807, 2.05) is 0 Å². The van der Waals surface area contributed by atoms with Gasteiger partial charge in [-0.1, -0.05) is 17.7 Å². The van der Waals surface area contributed by atoms with Gasteiger partial charge >= 0.3 is 5.97 Å². The van der Waals surface area contributed by atoms with Gasteiger partial charge in [-0.25, -0.2) is 4.79 Å². The molecule has 2 aromatic rings. The molecular formula is C22H23ClO7. The van der Waals surface area contributed by atoms with E-state index >= 15 is 0 Å². The standard InChI is InChI=1S/C22H23ClO7/c1-12(2)29-21(28)22(3,4)30-19-10-13(9-18(26)20(19)27)5-8-16(24)15-7-6-14(23)11-17(15)25/h5-12,25-27H,1-4H3/b8-5+. The molecule has 0 aromatic heterocycles. The first-order valence-electron chi connectivity index (χ1n) is 9.07. The summed E-state index contributed by atoms with van der Waals surface area (Å²) in [5, 5.41) is 30.2. The summed E-state index contributed by atoms with van der Waals surface area (Å²) >= 11 is 5.76. The molecule has 8 heteroatoms. The van der Waals surface area contributed by atoms with E-state index in [9.17, 15) is 24.9 Å². The lowest BCUT2D eigenvalue weighted by Crippen LogP contribution is -2.40. The predicted molar refractivity (Wildman–Crippen MR) is 112 cm³/mol. The number of halogens is 1. The Kier molecular flexibility index (Phi) is 7.00. The van der Waals surface area contributed by atoms with Crippen molar-refractivity contribution >= 4 is 29.4 Å². The number of phenols is 3. The smallest absolute Gasteiger partial charge is 0.350 e. The lowest BCUT2D eigenvalue weighted by atomic mass is 10.1. The molecule has 160 valence electrons. The van der Waals surface area contributed by atoms with E-state index in [4.69, 9.17) is 21.1 Å². The van der Waals surface area contributed by atoms with Crippen LogP contribution in [0, 0.1) is 0 Å². The number of esters is 1. The first-order chi connectivity index (χ1) is 13.9. The highest BCUT2D eigenvalue weighted by Gasteiger charge is 2.33. The van der Waals surface area contributed by atoms with Crippen LogP contribution in [0.1, 0.15) is 43.6 Å². The maximum atomic E-state index is 12.3. The summed E-state index contributed by atoms with van der Waals surface area (Å²) < 4.78 is 10.7. The van der Waals surface area contributed by atoms with Crippen LogP contribution >= 0.6 is 11.6 Å². The fourth-order valence-corrected chi connectivity index (χ4v) is 2.60. The van der Waals surface area contributed by atoms with Crippen molar-refractivity contribution in [2.45, 2.75) is 39.4 Å². The van der Waals surface area contributed by atoms with E-state index in [0.717, 1.165) is 0 Å². The number of ether oxygens (including phenoxy) is 2. The molecule has 3 N–H and O–H groups in total. The summed E-state index contributed by atoms with van der Waals surface area (Å²) in [5.41, 5.74) is -1.08. The van der Waals surface area contributed by atoms with Gasteiger partial charge in [-0.05, 0) is 69.7 Å². The van der Waals surface area contributed by atoms with Crippen molar-refractivity contribution in [3.8, 4) is 23.0 Å². The Morgan fingerprint density at radius 1 is 1.07 bits per heavy atom. The molecule has 0 saturated carbocycles. The molecule has 0 heterocycles. The van der Waals surface area contributed by atoms with E-state index in [1.54, 1.807) is 13.8 Å². The largest absolute Gasteiger partial charge is 0.507 e. The van der Waals surface area contributed by atoms with Crippen molar-refractivity contribution in [3.63, 3.8) is 0 Å². The molecule has 0 spiro atoms. The summed E-state index contributed by atoms with van der Waals surface area (Å²) in [5.74, 6) is -2.63. The van der Waals surface area contributed by atoms with E-state index < -0.39 is 28.9 Å². The molecule has 0 aliphatic carbocycles. The number of hydrogen-bond donors (Lipinski definition) is 3. The normalized spacial score (nSPS) is 11.7. The van der Waals surface area contributed by atoms with Gasteiger partial charge in [0.05, 0.1) is 11.7 Å². The minimum atomic E-state index is -1.44. The van der Waals surface area contributed by atoms with Crippen LogP contribution in [0.3, 0.4) is 0 Å². The molecule has 2 rings (SSSR count). The zero-order valence-corrected chi connectivity index (χ0v) is 17.7. The summed E-state index contributed by atoms with van der Waals surface area (Å²) in [6, 6.07) is 6.67. The van der Waals surface area contributed by atoms with Crippen LogP contribution in [0.5, 0.6) is 23.0 Å². The predicted octanol–water partition coefficient (Wildman–Crippen LogP) is 4.46. The third kappa shape index (κ3) is 5.67. The highest BCUT2D eigenvalue weighted by atomic mass is 35.5. The van der Waals surface area contributed by atoms with Crippen molar-refractivity contribution in [1.29, 1.82) is 0 Å². The van der Waals surface area contributed by atoms with Crippen molar-refractivity contribution < 1.29 is 34.4 Å². The Balaban J connectivity index is 2.29. The van der Waals surface area contributed by atoms with Gasteiger partial charge in [0.2, 0.25) is 5.75 Å². The van der Waals surface area contributed by atoms with Crippen molar-refractivity contribution in [2.24, 2.45) is 0 Å². The molecule has 0 atom stereocenters. The van der Waals surface area contributed by atoms with Gasteiger partial charge in [0.1, 0.15) is 5.75 Å². The fraction of sp³-hybridized carbons (Fsp3) is 0.273. The third-order valence-electron chi connectivity index (χ3n) is 3.93. The quantitative estimate of drug-likeness (QED) is 0.255. The highest BCUT2D eigenvalue weighted by molar-refractivity contribution is 6.31. The number of carbonyl (C=O) groups excluding carboxylic acids is 2. The van der Waals surface area contributed by atoms with Crippen LogP contribution in [-0.2, 0) is 9.53 Å². The average molecular weight is 435 g/mol. The maximum absolute atomic E-state index is 12.3. The van der Waals surface area contributed by atoms with Gasteiger partial charge in [-0.3, -0.25) is 4.79 Å². The lowest BCUT2D eigenvalue weighted by molar-refractivity contribution is -0.163. The number of allylic oxidation sites excluding steroid dienone is 1. The first-order valence-corrected chi connectivity index (χ1v) is 9.45. The van der Waals surface area contributed by atoms with Gasteiger partial charge in [-0.2, -0.15) is 0 Å². The van der Waals surface area contributed by atoms with Gasteiger partial charge in [-0.15, -0.1) is 0 Å². The number of rotatable bonds is 7. The van der Waals surface area contributed by atoms with Crippen molar-refractivity contribution in [2.75, 3.05) is 0 Å². The Labute approximate surface area is 179 Å². The molecule has 30 heavy (non-hydrogen) atoms. The van der Waals surface area contributed by atoms with E-state index in [2.05, 4.69) is 0 Å². The molecule has 0 aliphatic rings. The van der Waals surface area contributed by atoms with Crippen LogP contribution in [0.25, 0.3) is 6.08 Å². The number of hydrogen-bond acceptors (Lipinski definition) is 7. The summed E-state index contributed by atoms with van der Waals surface area (Å²) in [6.07, 6.45) is 2.19. The Bertz CT molecular complexity index is 993. The molecule has 0 fully saturated rings. The second kappa shape index (κ2) is 9.09. The van der Waals surface area contributed by atoms with Gasteiger partial charge in [0, 0.05) is 5.02 Å². The fourth-order valence-electron chi connectivity index (χ4n) is 2.44. The first kappa shape index (κ1) is 23.1. The summed E-state index contributed by atoms with van der Waals surface area (Å²) in [4.78, 5) is 24.5. The van der Waals surface area contributed by atoms with Crippen molar-refractivity contribution in [1.82, 2.24) is 0 Å².